The van der Waals surface area contributed by atoms with Crippen LogP contribution in [0.25, 0.3) is 11.0 Å². The first-order valence-corrected chi connectivity index (χ1v) is 10.8. The number of nitrogens with zero attached hydrogens (tertiary/aromatic N) is 2. The van der Waals surface area contributed by atoms with Crippen LogP contribution in [0.15, 0.2) is 79.1 Å². The number of hydrogen-bond acceptors (Lipinski definition) is 4. The molecule has 0 aliphatic carbocycles. The lowest BCUT2D eigenvalue weighted by molar-refractivity contribution is 0.0252. The Kier molecular flexibility index (Phi) is 5.42. The molecular formula is C26H23N3O3. The van der Waals surface area contributed by atoms with E-state index in [2.05, 4.69) is 14.9 Å². The first-order chi connectivity index (χ1) is 15.7. The van der Waals surface area contributed by atoms with Crippen molar-refractivity contribution in [1.29, 1.82) is 0 Å². The van der Waals surface area contributed by atoms with Gasteiger partial charge in [-0.05, 0) is 47.9 Å². The monoisotopic (exact) mass is 425 g/mol. The molecule has 0 bridgehead atoms. The number of fused-ring (bicyclic) bond motifs is 2. The maximum absolute atomic E-state index is 12.7. The Morgan fingerprint density at radius 3 is 2.75 bits per heavy atom. The Morgan fingerprint density at radius 2 is 1.88 bits per heavy atom. The molecule has 0 radical (unpaired) electrons. The van der Waals surface area contributed by atoms with E-state index in [-0.39, 0.29) is 18.0 Å². The molecule has 1 aliphatic heterocycles. The minimum atomic E-state index is -0.348. The van der Waals surface area contributed by atoms with Crippen LogP contribution in [-0.2, 0) is 17.7 Å². The van der Waals surface area contributed by atoms with Gasteiger partial charge in [-0.1, -0.05) is 42.5 Å². The Balaban J connectivity index is 1.22. The molecule has 6 nitrogen and oxygen atoms in total. The van der Waals surface area contributed by atoms with Gasteiger partial charge in [0.2, 0.25) is 0 Å². The maximum atomic E-state index is 12.7. The highest BCUT2D eigenvalue weighted by atomic mass is 16.5. The van der Waals surface area contributed by atoms with E-state index < -0.39 is 0 Å². The molecule has 160 valence electrons. The van der Waals surface area contributed by atoms with Gasteiger partial charge < -0.3 is 14.6 Å². The molecule has 1 N–H and O–H groups in total. The van der Waals surface area contributed by atoms with E-state index in [1.54, 1.807) is 12.1 Å². The van der Waals surface area contributed by atoms with E-state index >= 15 is 0 Å². The second-order valence-electron chi connectivity index (χ2n) is 7.92. The quantitative estimate of drug-likeness (QED) is 0.369. The number of nitrogens with one attached hydrogen (secondary N) is 1. The smallest absolute Gasteiger partial charge is 0.339 e. The number of aromatic nitrogens is 2. The summed E-state index contributed by atoms with van der Waals surface area (Å²) in [6.45, 7) is 1.33. The Hall–Kier alpha value is -3.93. The van der Waals surface area contributed by atoms with Crippen LogP contribution in [0.2, 0.25) is 0 Å². The molecule has 2 heterocycles. The second kappa shape index (κ2) is 8.67. The van der Waals surface area contributed by atoms with Gasteiger partial charge >= 0.3 is 5.97 Å². The first kappa shape index (κ1) is 20.0. The van der Waals surface area contributed by atoms with Crippen LogP contribution < -0.4 is 5.32 Å². The lowest BCUT2D eigenvalue weighted by atomic mass is 9.93. The largest absolute Gasteiger partial charge is 0.454 e. The molecule has 1 amide bonds. The normalized spacial score (nSPS) is 15.2. The van der Waals surface area contributed by atoms with Crippen molar-refractivity contribution in [2.75, 3.05) is 6.54 Å². The lowest BCUT2D eigenvalue weighted by Crippen LogP contribution is -2.27. The first-order valence-electron chi connectivity index (χ1n) is 10.8. The van der Waals surface area contributed by atoms with Crippen molar-refractivity contribution >= 4 is 22.9 Å². The molecule has 0 unspecified atom stereocenters. The predicted molar refractivity (Wildman–Crippen MR) is 121 cm³/mol. The number of amides is 1. The Morgan fingerprint density at radius 1 is 1.06 bits per heavy atom. The molecule has 1 aliphatic rings. The van der Waals surface area contributed by atoms with Crippen molar-refractivity contribution in [1.82, 2.24) is 14.9 Å². The summed E-state index contributed by atoms with van der Waals surface area (Å²) in [6.07, 6.45) is 2.84. The molecule has 0 saturated carbocycles. The highest BCUT2D eigenvalue weighted by Crippen LogP contribution is 2.31. The third kappa shape index (κ3) is 3.99. The van der Waals surface area contributed by atoms with Crippen LogP contribution in [0.5, 0.6) is 0 Å². The van der Waals surface area contributed by atoms with Crippen molar-refractivity contribution in [2.45, 2.75) is 25.5 Å². The number of cyclic esters (lactones) is 1. The zero-order chi connectivity index (χ0) is 21.9. The minimum Gasteiger partial charge on any atom is -0.454 e. The average molecular weight is 425 g/mol. The SMILES string of the molecule is O=C(NCCCn1cnc2ccccc21)c1ccc2c(c1)C[C@@H](c1ccccc1)OC2=O. The minimum absolute atomic E-state index is 0.140. The molecular weight excluding hydrogens is 402 g/mol. The van der Waals surface area contributed by atoms with Crippen LogP contribution in [0.1, 0.15) is 44.4 Å². The summed E-state index contributed by atoms with van der Waals surface area (Å²) in [5.41, 5.74) is 4.94. The molecule has 32 heavy (non-hydrogen) atoms. The molecule has 3 aromatic carbocycles. The van der Waals surface area contributed by atoms with Crippen molar-refractivity contribution in [3.63, 3.8) is 0 Å². The summed E-state index contributed by atoms with van der Waals surface area (Å²) in [5, 5.41) is 2.98. The number of esters is 1. The van der Waals surface area contributed by atoms with Gasteiger partial charge in [0.15, 0.2) is 0 Å². The topological polar surface area (TPSA) is 73.2 Å². The van der Waals surface area contributed by atoms with Crippen molar-refractivity contribution < 1.29 is 14.3 Å². The number of carbonyl (C=O) groups is 2. The van der Waals surface area contributed by atoms with E-state index in [9.17, 15) is 9.59 Å². The Bertz CT molecular complexity index is 1280. The number of hydrogen-bond donors (Lipinski definition) is 1. The van der Waals surface area contributed by atoms with Crippen LogP contribution in [0.4, 0.5) is 0 Å². The van der Waals surface area contributed by atoms with E-state index in [0.29, 0.717) is 24.1 Å². The number of rotatable bonds is 6. The summed E-state index contributed by atoms with van der Waals surface area (Å²) in [4.78, 5) is 29.5. The van der Waals surface area contributed by atoms with E-state index in [0.717, 1.165) is 35.1 Å². The molecule has 0 spiro atoms. The number of ether oxygens (including phenoxy) is 1. The van der Waals surface area contributed by atoms with Crippen molar-refractivity contribution in [2.24, 2.45) is 0 Å². The van der Waals surface area contributed by atoms with E-state index in [1.165, 1.54) is 0 Å². The van der Waals surface area contributed by atoms with Gasteiger partial charge in [-0.15, -0.1) is 0 Å². The molecule has 5 rings (SSSR count). The third-order valence-electron chi connectivity index (χ3n) is 5.80. The fourth-order valence-corrected chi connectivity index (χ4v) is 4.13. The molecule has 6 heteroatoms. The number of benzene rings is 3. The summed E-state index contributed by atoms with van der Waals surface area (Å²) in [6, 6.07) is 22.9. The van der Waals surface area contributed by atoms with Crippen LogP contribution in [-0.4, -0.2) is 28.0 Å². The van der Waals surface area contributed by atoms with Crippen LogP contribution >= 0.6 is 0 Å². The molecule has 0 saturated heterocycles. The fraction of sp³-hybridized carbons (Fsp3) is 0.192. The predicted octanol–water partition coefficient (Wildman–Crippen LogP) is 4.31. The highest BCUT2D eigenvalue weighted by molar-refractivity contribution is 5.97. The highest BCUT2D eigenvalue weighted by Gasteiger charge is 2.28. The van der Waals surface area contributed by atoms with E-state index in [4.69, 9.17) is 4.74 Å². The molecule has 1 aromatic heterocycles. The number of carbonyl (C=O) groups excluding carboxylic acids is 2. The molecule has 4 aromatic rings. The van der Waals surface area contributed by atoms with Gasteiger partial charge in [-0.2, -0.15) is 0 Å². The van der Waals surface area contributed by atoms with Gasteiger partial charge in [0, 0.05) is 25.1 Å². The summed E-state index contributed by atoms with van der Waals surface area (Å²) >= 11 is 0. The number of aryl methyl sites for hydroxylation is 1. The van der Waals surface area contributed by atoms with Crippen molar-refractivity contribution in [3.05, 3.63) is 101 Å². The van der Waals surface area contributed by atoms with Gasteiger partial charge in [-0.3, -0.25) is 4.79 Å². The number of para-hydroxylation sites is 2. The fourth-order valence-electron chi connectivity index (χ4n) is 4.13. The van der Waals surface area contributed by atoms with Gasteiger partial charge in [0.25, 0.3) is 5.91 Å². The Labute approximate surface area is 185 Å². The summed E-state index contributed by atoms with van der Waals surface area (Å²) in [5.74, 6) is -0.488. The average Bonchev–Trinajstić information content (AvgIpc) is 3.25. The second-order valence-corrected chi connectivity index (χ2v) is 7.92. The van der Waals surface area contributed by atoms with Crippen molar-refractivity contribution in [3.8, 4) is 0 Å². The third-order valence-corrected chi connectivity index (χ3v) is 5.80. The zero-order valence-electron chi connectivity index (χ0n) is 17.5. The molecule has 1 atom stereocenters. The van der Waals surface area contributed by atoms with Gasteiger partial charge in [-0.25, -0.2) is 9.78 Å². The van der Waals surface area contributed by atoms with Gasteiger partial charge in [0.05, 0.1) is 22.9 Å². The van der Waals surface area contributed by atoms with Gasteiger partial charge in [0.1, 0.15) is 6.10 Å². The lowest BCUT2D eigenvalue weighted by Gasteiger charge is -2.25. The molecule has 0 fully saturated rings. The maximum Gasteiger partial charge on any atom is 0.339 e. The standard InChI is InChI=1S/C26H23N3O3/c30-25(27-13-6-14-29-17-28-22-9-4-5-10-23(22)29)19-11-12-21-20(15-19)16-24(32-26(21)31)18-7-2-1-3-8-18/h1-5,7-12,15,17,24H,6,13-14,16H2,(H,27,30)/t24-/m0/s1. The van der Waals surface area contributed by atoms with E-state index in [1.807, 2.05) is 67.0 Å². The van der Waals surface area contributed by atoms with Crippen LogP contribution in [0, 0.1) is 0 Å². The summed E-state index contributed by atoms with van der Waals surface area (Å²) < 4.78 is 7.69. The zero-order valence-corrected chi connectivity index (χ0v) is 17.5. The summed E-state index contributed by atoms with van der Waals surface area (Å²) in [7, 11) is 0. The number of imidazole rings is 1. The van der Waals surface area contributed by atoms with Crippen LogP contribution in [0.3, 0.4) is 0 Å².